The fourth-order valence-electron chi connectivity index (χ4n) is 2.37. The first-order valence-corrected chi connectivity index (χ1v) is 6.16. The van der Waals surface area contributed by atoms with Gasteiger partial charge in [0.25, 0.3) is 0 Å². The van der Waals surface area contributed by atoms with Gasteiger partial charge in [-0.3, -0.25) is 0 Å². The second-order valence-corrected chi connectivity index (χ2v) is 4.83. The number of halogens is 3. The highest BCUT2D eigenvalue weighted by Gasteiger charge is 2.34. The fourth-order valence-corrected chi connectivity index (χ4v) is 2.37. The van der Waals surface area contributed by atoms with E-state index in [0.29, 0.717) is 11.1 Å². The van der Waals surface area contributed by atoms with Gasteiger partial charge in [-0.25, -0.2) is 0 Å². The zero-order valence-corrected chi connectivity index (χ0v) is 10.8. The maximum atomic E-state index is 13.1. The molecule has 104 valence electrons. The number of rotatable bonds is 3. The molecule has 19 heavy (non-hydrogen) atoms. The number of alkyl halides is 3. The molecule has 0 aliphatic carbocycles. The normalized spacial score (nSPS) is 12.6. The van der Waals surface area contributed by atoms with E-state index in [-0.39, 0.29) is 24.5 Å². The van der Waals surface area contributed by atoms with Gasteiger partial charge in [-0.1, -0.05) is 6.07 Å². The van der Waals surface area contributed by atoms with Gasteiger partial charge in [0.05, 0.1) is 5.56 Å². The summed E-state index contributed by atoms with van der Waals surface area (Å²) in [5.74, 6) is 0. The van der Waals surface area contributed by atoms with Gasteiger partial charge in [-0.05, 0) is 38.0 Å². The van der Waals surface area contributed by atoms with Crippen LogP contribution in [0.1, 0.15) is 31.0 Å². The van der Waals surface area contributed by atoms with Crippen LogP contribution in [0.3, 0.4) is 0 Å². The summed E-state index contributed by atoms with van der Waals surface area (Å²) in [5, 5.41) is 9.24. The van der Waals surface area contributed by atoms with Crippen molar-refractivity contribution in [3.8, 4) is 0 Å². The third-order valence-corrected chi connectivity index (χ3v) is 3.18. The van der Waals surface area contributed by atoms with Crippen LogP contribution in [-0.4, -0.2) is 16.3 Å². The molecule has 5 heteroatoms. The molecule has 0 atom stereocenters. The van der Waals surface area contributed by atoms with Crippen molar-refractivity contribution < 1.29 is 18.3 Å². The average molecular weight is 271 g/mol. The predicted molar refractivity (Wildman–Crippen MR) is 68.1 cm³/mol. The van der Waals surface area contributed by atoms with Crippen LogP contribution in [0.25, 0.3) is 10.9 Å². The van der Waals surface area contributed by atoms with E-state index in [2.05, 4.69) is 0 Å². The maximum Gasteiger partial charge on any atom is 0.417 e. The number of benzene rings is 1. The summed E-state index contributed by atoms with van der Waals surface area (Å²) in [6, 6.07) is 4.27. The molecule has 2 rings (SSSR count). The van der Waals surface area contributed by atoms with E-state index in [9.17, 15) is 13.2 Å². The van der Waals surface area contributed by atoms with Gasteiger partial charge in [-0.2, -0.15) is 13.2 Å². The Morgan fingerprint density at radius 3 is 2.47 bits per heavy atom. The zero-order valence-electron chi connectivity index (χ0n) is 10.8. The predicted octanol–water partition coefficient (Wildman–Crippen LogP) is 3.78. The van der Waals surface area contributed by atoms with Gasteiger partial charge < -0.3 is 9.67 Å². The van der Waals surface area contributed by atoms with Crippen LogP contribution in [0.5, 0.6) is 0 Å². The number of aliphatic hydroxyl groups excluding tert-OH is 1. The minimum atomic E-state index is -4.38. The summed E-state index contributed by atoms with van der Waals surface area (Å²) >= 11 is 0. The van der Waals surface area contributed by atoms with E-state index in [1.54, 1.807) is 12.3 Å². The molecule has 1 N–H and O–H groups in total. The Balaban J connectivity index is 2.79. The highest BCUT2D eigenvalue weighted by molar-refractivity contribution is 5.88. The summed E-state index contributed by atoms with van der Waals surface area (Å²) in [6.07, 6.45) is -2.45. The molecule has 0 amide bonds. The first-order chi connectivity index (χ1) is 8.86. The van der Waals surface area contributed by atoms with Crippen molar-refractivity contribution in [2.24, 2.45) is 0 Å². The molecular weight excluding hydrogens is 255 g/mol. The Morgan fingerprint density at radius 1 is 1.26 bits per heavy atom. The third kappa shape index (κ3) is 2.47. The minimum Gasteiger partial charge on any atom is -0.396 e. The zero-order chi connectivity index (χ0) is 14.2. The van der Waals surface area contributed by atoms with Crippen molar-refractivity contribution in [1.29, 1.82) is 0 Å². The molecule has 1 aromatic heterocycles. The second-order valence-electron chi connectivity index (χ2n) is 4.83. The van der Waals surface area contributed by atoms with Crippen molar-refractivity contribution in [1.82, 2.24) is 4.57 Å². The Morgan fingerprint density at radius 2 is 1.95 bits per heavy atom. The van der Waals surface area contributed by atoms with E-state index in [1.807, 2.05) is 18.4 Å². The molecule has 0 fully saturated rings. The summed E-state index contributed by atoms with van der Waals surface area (Å²) < 4.78 is 41.0. The summed E-state index contributed by atoms with van der Waals surface area (Å²) in [6.45, 7) is 3.67. The molecule has 2 nitrogen and oxygen atoms in total. The molecule has 2 aromatic rings. The van der Waals surface area contributed by atoms with Gasteiger partial charge in [0.2, 0.25) is 0 Å². The summed E-state index contributed by atoms with van der Waals surface area (Å²) in [5.41, 5.74) is 0.472. The molecular formula is C14H16F3NO. The SMILES string of the molecule is CC(C)n1cc(CCO)c2c(C(F)(F)F)cccc21. The molecule has 0 unspecified atom stereocenters. The third-order valence-electron chi connectivity index (χ3n) is 3.18. The molecule has 0 bridgehead atoms. The molecule has 0 saturated carbocycles. The number of nitrogens with zero attached hydrogens (tertiary/aromatic N) is 1. The van der Waals surface area contributed by atoms with E-state index >= 15 is 0 Å². The Bertz CT molecular complexity index is 584. The van der Waals surface area contributed by atoms with Gasteiger partial charge in [0.15, 0.2) is 0 Å². The number of hydrogen-bond acceptors (Lipinski definition) is 1. The van der Waals surface area contributed by atoms with Crippen molar-refractivity contribution >= 4 is 10.9 Å². The standard InChI is InChI=1S/C14H16F3NO/c1-9(2)18-8-10(6-7-19)13-11(14(15,16)17)4-3-5-12(13)18/h3-5,8-9,19H,6-7H2,1-2H3. The summed E-state index contributed by atoms with van der Waals surface area (Å²) in [4.78, 5) is 0. The minimum absolute atomic E-state index is 0.0680. The Labute approximate surface area is 109 Å². The number of aromatic nitrogens is 1. The van der Waals surface area contributed by atoms with Crippen LogP contribution in [0, 0.1) is 0 Å². The fraction of sp³-hybridized carbons (Fsp3) is 0.429. The Kier molecular flexibility index (Phi) is 3.58. The molecule has 1 aromatic carbocycles. The van der Waals surface area contributed by atoms with Gasteiger partial charge in [0, 0.05) is 29.7 Å². The van der Waals surface area contributed by atoms with Crippen molar-refractivity contribution in [3.05, 3.63) is 35.5 Å². The van der Waals surface area contributed by atoms with E-state index in [0.717, 1.165) is 6.07 Å². The van der Waals surface area contributed by atoms with Crippen LogP contribution in [0.15, 0.2) is 24.4 Å². The molecule has 0 aliphatic rings. The van der Waals surface area contributed by atoms with Crippen LogP contribution >= 0.6 is 0 Å². The summed E-state index contributed by atoms with van der Waals surface area (Å²) in [7, 11) is 0. The monoisotopic (exact) mass is 271 g/mol. The molecule has 0 spiro atoms. The largest absolute Gasteiger partial charge is 0.417 e. The van der Waals surface area contributed by atoms with Crippen molar-refractivity contribution in [3.63, 3.8) is 0 Å². The maximum absolute atomic E-state index is 13.1. The van der Waals surface area contributed by atoms with Crippen LogP contribution in [-0.2, 0) is 12.6 Å². The van der Waals surface area contributed by atoms with Gasteiger partial charge >= 0.3 is 6.18 Å². The molecule has 0 radical (unpaired) electrons. The number of hydrogen-bond donors (Lipinski definition) is 1. The lowest BCUT2D eigenvalue weighted by Crippen LogP contribution is -2.06. The molecule has 0 saturated heterocycles. The van der Waals surface area contributed by atoms with Crippen LogP contribution in [0.2, 0.25) is 0 Å². The number of fused-ring (bicyclic) bond motifs is 1. The Hall–Kier alpha value is -1.49. The van der Waals surface area contributed by atoms with E-state index in [4.69, 9.17) is 5.11 Å². The lowest BCUT2D eigenvalue weighted by Gasteiger charge is -2.12. The highest BCUT2D eigenvalue weighted by Crippen LogP contribution is 2.38. The van der Waals surface area contributed by atoms with E-state index < -0.39 is 11.7 Å². The second kappa shape index (κ2) is 4.89. The quantitative estimate of drug-likeness (QED) is 0.903. The van der Waals surface area contributed by atoms with Gasteiger partial charge in [0.1, 0.15) is 0 Å². The van der Waals surface area contributed by atoms with Crippen molar-refractivity contribution in [2.75, 3.05) is 6.61 Å². The van der Waals surface area contributed by atoms with Crippen LogP contribution < -0.4 is 0 Å². The van der Waals surface area contributed by atoms with Gasteiger partial charge in [-0.15, -0.1) is 0 Å². The first kappa shape index (κ1) is 13.9. The first-order valence-electron chi connectivity index (χ1n) is 6.16. The molecule has 1 heterocycles. The smallest absolute Gasteiger partial charge is 0.396 e. The van der Waals surface area contributed by atoms with E-state index in [1.165, 1.54) is 6.07 Å². The molecule has 0 aliphatic heterocycles. The average Bonchev–Trinajstić information content (AvgIpc) is 2.67. The number of aliphatic hydroxyl groups is 1. The van der Waals surface area contributed by atoms with Crippen LogP contribution in [0.4, 0.5) is 13.2 Å². The topological polar surface area (TPSA) is 25.2 Å². The highest BCUT2D eigenvalue weighted by atomic mass is 19.4. The lowest BCUT2D eigenvalue weighted by molar-refractivity contribution is -0.136. The van der Waals surface area contributed by atoms with Crippen molar-refractivity contribution in [2.45, 2.75) is 32.5 Å². The lowest BCUT2D eigenvalue weighted by atomic mass is 10.0.